The van der Waals surface area contributed by atoms with Crippen molar-refractivity contribution in [2.75, 3.05) is 13.1 Å². The topological polar surface area (TPSA) is 61.2 Å². The van der Waals surface area contributed by atoms with Gasteiger partial charge in [-0.2, -0.15) is 9.57 Å². The summed E-state index contributed by atoms with van der Waals surface area (Å²) in [5.41, 5.74) is 2.02. The molecule has 4 nitrogen and oxygen atoms in total. The van der Waals surface area contributed by atoms with Crippen molar-refractivity contribution in [3.05, 3.63) is 29.3 Å². The highest BCUT2D eigenvalue weighted by Gasteiger charge is 2.22. The minimum atomic E-state index is -3.48. The maximum atomic E-state index is 12.3. The quantitative estimate of drug-likeness (QED) is 0.821. The van der Waals surface area contributed by atoms with Gasteiger partial charge in [0, 0.05) is 19.5 Å². The molecule has 0 N–H and O–H groups in total. The number of nitriles is 1. The van der Waals surface area contributed by atoms with Crippen LogP contribution in [-0.2, 0) is 10.0 Å². The van der Waals surface area contributed by atoms with E-state index in [9.17, 15) is 8.42 Å². The van der Waals surface area contributed by atoms with Gasteiger partial charge in [0.2, 0.25) is 10.0 Å². The van der Waals surface area contributed by atoms with Gasteiger partial charge in [-0.25, -0.2) is 8.42 Å². The molecule has 0 radical (unpaired) electrons. The van der Waals surface area contributed by atoms with Crippen LogP contribution in [0.4, 0.5) is 0 Å². The fourth-order valence-corrected chi connectivity index (χ4v) is 3.18. The number of aryl methyl sites for hydroxylation is 2. The van der Waals surface area contributed by atoms with Crippen LogP contribution in [0, 0.1) is 25.2 Å². The number of nitrogens with zero attached hydrogens (tertiary/aromatic N) is 2. The lowest BCUT2D eigenvalue weighted by Gasteiger charge is -2.19. The predicted molar refractivity (Wildman–Crippen MR) is 70.6 cm³/mol. The van der Waals surface area contributed by atoms with E-state index in [1.165, 1.54) is 4.31 Å². The molecule has 1 rings (SSSR count). The van der Waals surface area contributed by atoms with Crippen LogP contribution >= 0.6 is 0 Å². The SMILES string of the molecule is CCN(CCC#N)S(=O)(=O)c1ccc(C)c(C)c1. The van der Waals surface area contributed by atoms with Crippen LogP contribution in [0.5, 0.6) is 0 Å². The molecule has 0 aliphatic rings. The monoisotopic (exact) mass is 266 g/mol. The van der Waals surface area contributed by atoms with Crippen LogP contribution in [0.15, 0.2) is 23.1 Å². The van der Waals surface area contributed by atoms with E-state index in [1.807, 2.05) is 19.9 Å². The van der Waals surface area contributed by atoms with Crippen LogP contribution in [0.3, 0.4) is 0 Å². The van der Waals surface area contributed by atoms with E-state index < -0.39 is 10.0 Å². The first-order valence-corrected chi connectivity index (χ1v) is 7.31. The first-order chi connectivity index (χ1) is 8.43. The fraction of sp³-hybridized carbons (Fsp3) is 0.462. The first-order valence-electron chi connectivity index (χ1n) is 5.87. The smallest absolute Gasteiger partial charge is 0.207 e. The number of rotatable bonds is 5. The number of sulfonamides is 1. The highest BCUT2D eigenvalue weighted by molar-refractivity contribution is 7.89. The molecule has 0 saturated heterocycles. The third-order valence-corrected chi connectivity index (χ3v) is 4.91. The third kappa shape index (κ3) is 3.09. The summed E-state index contributed by atoms with van der Waals surface area (Å²) in [7, 11) is -3.48. The Balaban J connectivity index is 3.11. The van der Waals surface area contributed by atoms with Crippen molar-refractivity contribution >= 4 is 10.0 Å². The highest BCUT2D eigenvalue weighted by atomic mass is 32.2. The van der Waals surface area contributed by atoms with Crippen LogP contribution in [0.25, 0.3) is 0 Å². The van der Waals surface area contributed by atoms with Crippen LogP contribution in [0.1, 0.15) is 24.5 Å². The molecule has 0 spiro atoms. The average molecular weight is 266 g/mol. The van der Waals surface area contributed by atoms with Gasteiger partial charge in [0.15, 0.2) is 0 Å². The minimum Gasteiger partial charge on any atom is -0.207 e. The maximum absolute atomic E-state index is 12.3. The molecule has 0 heterocycles. The van der Waals surface area contributed by atoms with Crippen molar-refractivity contribution in [1.29, 1.82) is 5.26 Å². The summed E-state index contributed by atoms with van der Waals surface area (Å²) in [4.78, 5) is 0.297. The van der Waals surface area contributed by atoms with Crippen molar-refractivity contribution in [3.8, 4) is 6.07 Å². The van der Waals surface area contributed by atoms with Gasteiger partial charge in [0.25, 0.3) is 0 Å². The molecule has 0 aromatic heterocycles. The van der Waals surface area contributed by atoms with Gasteiger partial charge in [-0.05, 0) is 37.1 Å². The Labute approximate surface area is 109 Å². The van der Waals surface area contributed by atoms with Crippen LogP contribution < -0.4 is 0 Å². The van der Waals surface area contributed by atoms with Crippen molar-refractivity contribution in [3.63, 3.8) is 0 Å². The van der Waals surface area contributed by atoms with E-state index in [0.717, 1.165) is 11.1 Å². The van der Waals surface area contributed by atoms with Crippen molar-refractivity contribution < 1.29 is 8.42 Å². The summed E-state index contributed by atoms with van der Waals surface area (Å²) in [5, 5.41) is 8.56. The Morgan fingerprint density at radius 1 is 1.28 bits per heavy atom. The molecule has 0 aliphatic carbocycles. The zero-order valence-corrected chi connectivity index (χ0v) is 11.8. The highest BCUT2D eigenvalue weighted by Crippen LogP contribution is 2.19. The molecular weight excluding hydrogens is 248 g/mol. The molecule has 0 atom stereocenters. The molecule has 0 aliphatic heterocycles. The summed E-state index contributed by atoms with van der Waals surface area (Å²) in [6.45, 7) is 6.22. The summed E-state index contributed by atoms with van der Waals surface area (Å²) in [6, 6.07) is 7.07. The normalized spacial score (nSPS) is 11.5. The molecule has 1 aromatic rings. The maximum Gasteiger partial charge on any atom is 0.243 e. The van der Waals surface area contributed by atoms with Gasteiger partial charge in [0.05, 0.1) is 11.0 Å². The molecule has 1 aromatic carbocycles. The second-order valence-electron chi connectivity index (χ2n) is 4.15. The molecule has 18 heavy (non-hydrogen) atoms. The van der Waals surface area contributed by atoms with E-state index in [4.69, 9.17) is 5.26 Å². The second-order valence-corrected chi connectivity index (χ2v) is 6.09. The van der Waals surface area contributed by atoms with Gasteiger partial charge in [0.1, 0.15) is 0 Å². The van der Waals surface area contributed by atoms with Gasteiger partial charge in [-0.15, -0.1) is 0 Å². The molecule has 98 valence electrons. The number of hydrogen-bond acceptors (Lipinski definition) is 3. The molecule has 0 fully saturated rings. The molecule has 0 bridgehead atoms. The fourth-order valence-electron chi connectivity index (χ4n) is 1.65. The zero-order valence-electron chi connectivity index (χ0n) is 11.0. The van der Waals surface area contributed by atoms with Crippen molar-refractivity contribution in [1.82, 2.24) is 4.31 Å². The van der Waals surface area contributed by atoms with Gasteiger partial charge in [-0.3, -0.25) is 0 Å². The number of hydrogen-bond donors (Lipinski definition) is 0. The Hall–Kier alpha value is -1.38. The van der Waals surface area contributed by atoms with Crippen LogP contribution in [-0.4, -0.2) is 25.8 Å². The summed E-state index contributed by atoms with van der Waals surface area (Å²) in [6.07, 6.45) is 0.206. The van der Waals surface area contributed by atoms with E-state index >= 15 is 0 Å². The van der Waals surface area contributed by atoms with Crippen molar-refractivity contribution in [2.24, 2.45) is 0 Å². The second kappa shape index (κ2) is 5.98. The molecular formula is C13H18N2O2S. The Bertz CT molecular complexity index is 559. The largest absolute Gasteiger partial charge is 0.243 e. The Kier molecular flexibility index (Phi) is 4.88. The van der Waals surface area contributed by atoms with Crippen molar-refractivity contribution in [2.45, 2.75) is 32.1 Å². The summed E-state index contributed by atoms with van der Waals surface area (Å²) in [5.74, 6) is 0. The lowest BCUT2D eigenvalue weighted by atomic mass is 10.1. The van der Waals surface area contributed by atoms with E-state index in [0.29, 0.717) is 11.4 Å². The van der Waals surface area contributed by atoms with E-state index in [2.05, 4.69) is 0 Å². The minimum absolute atomic E-state index is 0.206. The average Bonchev–Trinajstić information content (AvgIpc) is 2.33. The Morgan fingerprint density at radius 3 is 2.44 bits per heavy atom. The zero-order chi connectivity index (χ0) is 13.8. The van der Waals surface area contributed by atoms with Gasteiger partial charge < -0.3 is 0 Å². The molecule has 0 saturated carbocycles. The predicted octanol–water partition coefficient (Wildman–Crippen LogP) is 2.23. The summed E-state index contributed by atoms with van der Waals surface area (Å²) >= 11 is 0. The molecule has 5 heteroatoms. The van der Waals surface area contributed by atoms with E-state index in [-0.39, 0.29) is 13.0 Å². The Morgan fingerprint density at radius 2 is 1.94 bits per heavy atom. The lowest BCUT2D eigenvalue weighted by Crippen LogP contribution is -2.31. The van der Waals surface area contributed by atoms with Crippen LogP contribution in [0.2, 0.25) is 0 Å². The molecule has 0 amide bonds. The standard InChI is InChI=1S/C13H18N2O2S/c1-4-15(9-5-8-14)18(16,17)13-7-6-11(2)12(3)10-13/h6-7,10H,4-5,9H2,1-3H3. The molecule has 0 unspecified atom stereocenters. The first kappa shape index (κ1) is 14.7. The summed E-state index contributed by atoms with van der Waals surface area (Å²) < 4.78 is 26.0. The third-order valence-electron chi connectivity index (χ3n) is 2.94. The van der Waals surface area contributed by atoms with Gasteiger partial charge in [-0.1, -0.05) is 13.0 Å². The van der Waals surface area contributed by atoms with E-state index in [1.54, 1.807) is 25.1 Å². The van der Waals surface area contributed by atoms with Gasteiger partial charge >= 0.3 is 0 Å². The lowest BCUT2D eigenvalue weighted by molar-refractivity contribution is 0.435. The number of benzene rings is 1.